The molecule has 7 N–H and O–H groups in total. The molecule has 5 rings (SSSR count). The number of guanidine groups is 2. The second-order valence-corrected chi connectivity index (χ2v) is 10.7. The number of para-hydroxylation sites is 1. The first kappa shape index (κ1) is 31.7. The Morgan fingerprint density at radius 3 is 2.52 bits per heavy atom. The molecule has 232 valence electrons. The molecule has 0 spiro atoms. The molecule has 0 aliphatic carbocycles. The number of aliphatic imine (C=N–C) groups is 1. The molecule has 4 aromatic rings. The number of imidazole rings is 1. The number of nitrogens with zero attached hydrogens (tertiary/aromatic N) is 9. The first-order chi connectivity index (χ1) is 20.9. The lowest BCUT2D eigenvalue weighted by atomic mass is 10.1. The molecule has 0 bridgehead atoms. The summed E-state index contributed by atoms with van der Waals surface area (Å²) in [5.41, 5.74) is 17.5. The summed E-state index contributed by atoms with van der Waals surface area (Å²) in [4.78, 5) is 47.9. The highest BCUT2D eigenvalue weighted by molar-refractivity contribution is 5.91. The number of benzene rings is 1. The molecule has 1 fully saturated rings. The number of nitrogens with one attached hydrogen (secondary N) is 1. The van der Waals surface area contributed by atoms with Gasteiger partial charge in [0, 0.05) is 51.4 Å². The van der Waals surface area contributed by atoms with Gasteiger partial charge in [0.1, 0.15) is 5.82 Å². The van der Waals surface area contributed by atoms with Crippen LogP contribution in [0.1, 0.15) is 31.3 Å². The van der Waals surface area contributed by atoms with Gasteiger partial charge in [-0.2, -0.15) is 9.98 Å². The van der Waals surface area contributed by atoms with E-state index < -0.39 is 11.2 Å². The zero-order valence-corrected chi connectivity index (χ0v) is 25.7. The van der Waals surface area contributed by atoms with E-state index in [0.29, 0.717) is 29.5 Å². The molecule has 0 radical (unpaired) electrons. The molecule has 1 aromatic carbocycles. The van der Waals surface area contributed by atoms with Gasteiger partial charge < -0.3 is 27.0 Å². The van der Waals surface area contributed by atoms with Crippen LogP contribution in [0.3, 0.4) is 0 Å². The maximum Gasteiger partial charge on any atom is 0.332 e. The number of rotatable bonds is 4. The van der Waals surface area contributed by atoms with Gasteiger partial charge in [-0.3, -0.25) is 23.9 Å². The number of hydrogen-bond acceptors (Lipinski definition) is 8. The van der Waals surface area contributed by atoms with Crippen molar-refractivity contribution in [3.8, 4) is 11.8 Å². The Morgan fingerprint density at radius 1 is 1.16 bits per heavy atom. The third-order valence-electron chi connectivity index (χ3n) is 7.17. The molecule has 1 atom stereocenters. The molecule has 3 aromatic heterocycles. The largest absolute Gasteiger partial charge is 0.370 e. The van der Waals surface area contributed by atoms with Crippen LogP contribution in [0.15, 0.2) is 38.8 Å². The van der Waals surface area contributed by atoms with E-state index in [1.807, 2.05) is 31.2 Å². The lowest BCUT2D eigenvalue weighted by Crippen LogP contribution is -2.44. The van der Waals surface area contributed by atoms with Gasteiger partial charge >= 0.3 is 5.69 Å². The van der Waals surface area contributed by atoms with Crippen LogP contribution in [0.5, 0.6) is 0 Å². The van der Waals surface area contributed by atoms with Gasteiger partial charge in [0.25, 0.3) is 5.56 Å². The van der Waals surface area contributed by atoms with Crippen LogP contribution >= 0.6 is 0 Å². The second kappa shape index (κ2) is 13.4. The smallest absolute Gasteiger partial charge is 0.332 e. The van der Waals surface area contributed by atoms with Crippen molar-refractivity contribution in [2.24, 2.45) is 29.2 Å². The molecule has 15 nitrogen and oxygen atoms in total. The van der Waals surface area contributed by atoms with Gasteiger partial charge in [-0.15, -0.1) is 5.92 Å². The van der Waals surface area contributed by atoms with Crippen LogP contribution < -0.4 is 33.3 Å². The standard InChI is InChI=1S/C25H28N8O2.C4H11N5/c1-4-5-13-32-21-22(29-24(32)31-12-8-9-17(26)14-31)30(3)25(35)33(23(21)34)15-20-27-16(2)18-10-6-7-11-19(18)28-20;1-9(2)4(7)8-3(5)6/h6-7,10-11,17H,8-9,12-15,26H2,1-3H3;1-2H3,(H5,5,6,7,8)/t17-;/m1./s1. The van der Waals surface area contributed by atoms with E-state index in [0.717, 1.165) is 36.0 Å². The number of piperidine rings is 1. The second-order valence-electron chi connectivity index (χ2n) is 10.7. The van der Waals surface area contributed by atoms with E-state index in [9.17, 15) is 9.59 Å². The molecule has 44 heavy (non-hydrogen) atoms. The van der Waals surface area contributed by atoms with Crippen LogP contribution in [0.25, 0.3) is 22.1 Å². The van der Waals surface area contributed by atoms with E-state index in [4.69, 9.17) is 27.6 Å². The third kappa shape index (κ3) is 6.70. The summed E-state index contributed by atoms with van der Waals surface area (Å²) < 4.78 is 4.39. The summed E-state index contributed by atoms with van der Waals surface area (Å²) in [5.74, 6) is 6.92. The minimum Gasteiger partial charge on any atom is -0.370 e. The van der Waals surface area contributed by atoms with Crippen LogP contribution in [0.2, 0.25) is 0 Å². The van der Waals surface area contributed by atoms with Crippen molar-refractivity contribution in [2.45, 2.75) is 45.8 Å². The number of aromatic nitrogens is 6. The highest BCUT2D eigenvalue weighted by atomic mass is 16.2. The molecule has 1 aliphatic heterocycles. The fraction of sp³-hybridized carbons (Fsp3) is 0.414. The predicted molar refractivity (Wildman–Crippen MR) is 173 cm³/mol. The summed E-state index contributed by atoms with van der Waals surface area (Å²) in [5, 5.41) is 7.99. The maximum atomic E-state index is 13.7. The van der Waals surface area contributed by atoms with Gasteiger partial charge in [0.15, 0.2) is 17.1 Å². The third-order valence-corrected chi connectivity index (χ3v) is 7.17. The Labute approximate surface area is 254 Å². The minimum absolute atomic E-state index is 0.0306. The number of anilines is 1. The highest BCUT2D eigenvalue weighted by Crippen LogP contribution is 2.23. The van der Waals surface area contributed by atoms with Crippen molar-refractivity contribution in [1.82, 2.24) is 33.6 Å². The summed E-state index contributed by atoms with van der Waals surface area (Å²) >= 11 is 0. The number of fused-ring (bicyclic) bond motifs is 2. The van der Waals surface area contributed by atoms with Crippen LogP contribution in [-0.4, -0.2) is 78.7 Å². The highest BCUT2D eigenvalue weighted by Gasteiger charge is 2.26. The van der Waals surface area contributed by atoms with Gasteiger partial charge in [0.2, 0.25) is 11.9 Å². The zero-order valence-electron chi connectivity index (χ0n) is 25.7. The quantitative estimate of drug-likeness (QED) is 0.139. The lowest BCUT2D eigenvalue weighted by Gasteiger charge is -2.31. The lowest BCUT2D eigenvalue weighted by molar-refractivity contribution is 0.496. The van der Waals surface area contributed by atoms with Crippen molar-refractivity contribution in [2.75, 3.05) is 32.1 Å². The molecule has 0 amide bonds. The Hall–Kier alpha value is -5.23. The molecular formula is C29H39N13O2. The monoisotopic (exact) mass is 601 g/mol. The number of hydrogen-bond donors (Lipinski definition) is 4. The van der Waals surface area contributed by atoms with Crippen LogP contribution in [-0.2, 0) is 20.1 Å². The maximum absolute atomic E-state index is 13.7. The number of nitrogens with two attached hydrogens (primary N) is 3. The Kier molecular flexibility index (Phi) is 9.64. The first-order valence-electron chi connectivity index (χ1n) is 14.1. The molecule has 0 unspecified atom stereocenters. The van der Waals surface area contributed by atoms with Crippen molar-refractivity contribution in [1.29, 1.82) is 5.41 Å². The summed E-state index contributed by atoms with van der Waals surface area (Å²) in [7, 11) is 5.01. The molecule has 15 heteroatoms. The average molecular weight is 602 g/mol. The van der Waals surface area contributed by atoms with Crippen LogP contribution in [0, 0.1) is 24.2 Å². The average Bonchev–Trinajstić information content (AvgIpc) is 3.37. The normalized spacial score (nSPS) is 14.4. The van der Waals surface area contributed by atoms with Crippen molar-refractivity contribution in [3.05, 3.63) is 56.6 Å². The van der Waals surface area contributed by atoms with Gasteiger partial charge in [-0.1, -0.05) is 24.1 Å². The Balaban J connectivity index is 0.000000429. The molecule has 0 saturated carbocycles. The van der Waals surface area contributed by atoms with Gasteiger partial charge in [-0.05, 0) is 32.8 Å². The number of aryl methyl sites for hydroxylation is 2. The fourth-order valence-electron chi connectivity index (χ4n) is 4.97. The Bertz CT molecular complexity index is 1900. The predicted octanol–water partition coefficient (Wildman–Crippen LogP) is -0.0964. The summed E-state index contributed by atoms with van der Waals surface area (Å²) in [6.07, 6.45) is 1.88. The summed E-state index contributed by atoms with van der Waals surface area (Å²) in [6, 6.07) is 7.71. The van der Waals surface area contributed by atoms with Crippen molar-refractivity contribution >= 4 is 39.9 Å². The van der Waals surface area contributed by atoms with Crippen LogP contribution in [0.4, 0.5) is 5.95 Å². The van der Waals surface area contributed by atoms with E-state index in [-0.39, 0.29) is 31.1 Å². The minimum atomic E-state index is -0.468. The van der Waals surface area contributed by atoms with E-state index in [1.165, 1.54) is 14.0 Å². The van der Waals surface area contributed by atoms with Crippen molar-refractivity contribution < 1.29 is 0 Å². The van der Waals surface area contributed by atoms with Gasteiger partial charge in [-0.25, -0.2) is 14.8 Å². The molecule has 4 heterocycles. The topological polar surface area (TPSA) is 208 Å². The van der Waals surface area contributed by atoms with E-state index in [2.05, 4.69) is 31.7 Å². The summed E-state index contributed by atoms with van der Waals surface area (Å²) in [6.45, 7) is 5.31. The molecule has 1 saturated heterocycles. The van der Waals surface area contributed by atoms with Gasteiger partial charge in [0.05, 0.1) is 18.6 Å². The first-order valence-corrected chi connectivity index (χ1v) is 14.1. The SMILES string of the molecule is CC#CCn1c(N2CCC[C@@H](N)C2)nc2c1c(=O)n(Cc1nc(C)c3ccccc3n1)c(=O)n2C.CN(C)C(=N)N=C(N)N. The van der Waals surface area contributed by atoms with E-state index >= 15 is 0 Å². The Morgan fingerprint density at radius 2 is 1.89 bits per heavy atom. The molecular weight excluding hydrogens is 562 g/mol. The molecule has 1 aliphatic rings. The zero-order chi connectivity index (χ0) is 32.1. The fourth-order valence-corrected chi connectivity index (χ4v) is 4.97. The van der Waals surface area contributed by atoms with E-state index in [1.54, 1.807) is 32.6 Å². The van der Waals surface area contributed by atoms with Crippen molar-refractivity contribution in [3.63, 3.8) is 0 Å².